The summed E-state index contributed by atoms with van der Waals surface area (Å²) in [6.07, 6.45) is 0. The molecule has 1 rings (SSSR count). The zero-order valence-electron chi connectivity index (χ0n) is 5.18. The molecule has 1 fully saturated rings. The van der Waals surface area contributed by atoms with Crippen LogP contribution in [0.15, 0.2) is 12.3 Å². The van der Waals surface area contributed by atoms with Gasteiger partial charge in [0.25, 0.3) is 0 Å². The van der Waals surface area contributed by atoms with E-state index in [4.69, 9.17) is 4.74 Å². The highest BCUT2D eigenvalue weighted by Crippen LogP contribution is 2.01. The van der Waals surface area contributed by atoms with Crippen LogP contribution in [0.1, 0.15) is 0 Å². The fraction of sp³-hybridized carbons (Fsp3) is 0.667. The number of hydrogen-bond acceptors (Lipinski definition) is 2. The van der Waals surface area contributed by atoms with E-state index >= 15 is 0 Å². The summed E-state index contributed by atoms with van der Waals surface area (Å²) in [6, 6.07) is 0. The zero-order chi connectivity index (χ0) is 5.98. The van der Waals surface area contributed by atoms with Gasteiger partial charge in [-0.05, 0) is 7.05 Å². The van der Waals surface area contributed by atoms with Crippen LogP contribution in [0.4, 0.5) is 0 Å². The fourth-order valence-corrected chi connectivity index (χ4v) is 0.772. The van der Waals surface area contributed by atoms with Crippen LogP contribution in [0.5, 0.6) is 0 Å². The first kappa shape index (κ1) is 5.63. The second kappa shape index (κ2) is 2.18. The summed E-state index contributed by atoms with van der Waals surface area (Å²) in [6.45, 7) is 6.42. The normalized spacial score (nSPS) is 22.9. The predicted octanol–water partition coefficient (Wildman–Crippen LogP) is 0.462. The number of ether oxygens (including phenoxy) is 1. The van der Waals surface area contributed by atoms with Gasteiger partial charge >= 0.3 is 0 Å². The predicted molar refractivity (Wildman–Crippen MR) is 32.6 cm³/mol. The van der Waals surface area contributed by atoms with Crippen LogP contribution in [0.2, 0.25) is 0 Å². The number of hydrogen-bond donors (Lipinski definition) is 0. The van der Waals surface area contributed by atoms with Crippen molar-refractivity contribution < 1.29 is 4.74 Å². The topological polar surface area (TPSA) is 12.5 Å². The van der Waals surface area contributed by atoms with Gasteiger partial charge in [0.05, 0.1) is 6.54 Å². The first-order chi connectivity index (χ1) is 3.79. The molecule has 0 N–H and O–H groups in total. The minimum atomic E-state index is 0.801. The van der Waals surface area contributed by atoms with Crippen molar-refractivity contribution in [3.8, 4) is 0 Å². The summed E-state index contributed by atoms with van der Waals surface area (Å²) in [7, 11) is 2.06. The van der Waals surface area contributed by atoms with Gasteiger partial charge < -0.3 is 4.74 Å². The molecule has 0 aromatic heterocycles. The molecular weight excluding hydrogens is 102 g/mol. The van der Waals surface area contributed by atoms with E-state index in [1.165, 1.54) is 0 Å². The van der Waals surface area contributed by atoms with Crippen molar-refractivity contribution in [2.24, 2.45) is 0 Å². The SMILES string of the molecule is C=C1CN(C)CCO1. The molecule has 0 spiro atoms. The van der Waals surface area contributed by atoms with Gasteiger partial charge in [0.1, 0.15) is 12.4 Å². The summed E-state index contributed by atoms with van der Waals surface area (Å²) >= 11 is 0. The van der Waals surface area contributed by atoms with E-state index in [1.54, 1.807) is 0 Å². The smallest absolute Gasteiger partial charge is 0.103 e. The molecule has 0 bridgehead atoms. The first-order valence-corrected chi connectivity index (χ1v) is 2.78. The minimum absolute atomic E-state index is 0.801. The average Bonchev–Trinajstić information content (AvgIpc) is 1.64. The second-order valence-corrected chi connectivity index (χ2v) is 2.12. The number of rotatable bonds is 0. The van der Waals surface area contributed by atoms with Crippen molar-refractivity contribution in [2.75, 3.05) is 26.7 Å². The Morgan fingerprint density at radius 2 is 2.50 bits per heavy atom. The van der Waals surface area contributed by atoms with Crippen molar-refractivity contribution in [1.82, 2.24) is 4.90 Å². The number of likely N-dealkylation sites (N-methyl/N-ethyl adjacent to an activating group) is 1. The van der Waals surface area contributed by atoms with Crippen LogP contribution in [0, 0.1) is 0 Å². The Labute approximate surface area is 49.7 Å². The number of morpholine rings is 1. The largest absolute Gasteiger partial charge is 0.496 e. The minimum Gasteiger partial charge on any atom is -0.496 e. The summed E-state index contributed by atoms with van der Waals surface area (Å²) in [5, 5.41) is 0. The standard InChI is InChI=1S/C6H11NO/c1-6-5-7(2)3-4-8-6/h1,3-5H2,2H3. The van der Waals surface area contributed by atoms with Crippen LogP contribution < -0.4 is 0 Å². The third-order valence-corrected chi connectivity index (χ3v) is 1.23. The van der Waals surface area contributed by atoms with Crippen molar-refractivity contribution >= 4 is 0 Å². The lowest BCUT2D eigenvalue weighted by Crippen LogP contribution is -2.30. The monoisotopic (exact) mass is 113 g/mol. The van der Waals surface area contributed by atoms with Gasteiger partial charge in [-0.25, -0.2) is 0 Å². The van der Waals surface area contributed by atoms with E-state index in [9.17, 15) is 0 Å². The van der Waals surface area contributed by atoms with Crippen LogP contribution in [-0.4, -0.2) is 31.6 Å². The second-order valence-electron chi connectivity index (χ2n) is 2.12. The molecule has 8 heavy (non-hydrogen) atoms. The molecular formula is C6H11NO. The van der Waals surface area contributed by atoms with Crippen LogP contribution in [0.25, 0.3) is 0 Å². The van der Waals surface area contributed by atoms with Gasteiger partial charge in [-0.15, -0.1) is 0 Å². The van der Waals surface area contributed by atoms with Gasteiger partial charge in [-0.2, -0.15) is 0 Å². The third-order valence-electron chi connectivity index (χ3n) is 1.23. The zero-order valence-corrected chi connectivity index (χ0v) is 5.18. The van der Waals surface area contributed by atoms with Crippen molar-refractivity contribution in [2.45, 2.75) is 0 Å². The molecule has 0 atom stereocenters. The molecule has 0 saturated carbocycles. The first-order valence-electron chi connectivity index (χ1n) is 2.78. The highest BCUT2D eigenvalue weighted by Gasteiger charge is 2.07. The van der Waals surface area contributed by atoms with Crippen LogP contribution in [0.3, 0.4) is 0 Å². The van der Waals surface area contributed by atoms with E-state index in [2.05, 4.69) is 18.5 Å². The Bertz CT molecular complexity index is 101. The van der Waals surface area contributed by atoms with Crippen LogP contribution in [-0.2, 0) is 4.74 Å². The Kier molecular flexibility index (Phi) is 1.53. The molecule has 0 radical (unpaired) electrons. The summed E-state index contributed by atoms with van der Waals surface area (Å²) < 4.78 is 5.11. The molecule has 46 valence electrons. The summed E-state index contributed by atoms with van der Waals surface area (Å²) in [5.74, 6) is 0.888. The summed E-state index contributed by atoms with van der Waals surface area (Å²) in [4.78, 5) is 2.19. The molecule has 0 aromatic rings. The maximum atomic E-state index is 5.11. The van der Waals surface area contributed by atoms with Gasteiger partial charge in [0, 0.05) is 6.54 Å². The quantitative estimate of drug-likeness (QED) is 0.452. The Balaban J connectivity index is 2.34. The van der Waals surface area contributed by atoms with Gasteiger partial charge in [0.15, 0.2) is 0 Å². The van der Waals surface area contributed by atoms with E-state index < -0.39 is 0 Å². The maximum absolute atomic E-state index is 5.11. The highest BCUT2D eigenvalue weighted by molar-refractivity contribution is 4.88. The molecule has 1 aliphatic rings. The maximum Gasteiger partial charge on any atom is 0.103 e. The summed E-state index contributed by atoms with van der Waals surface area (Å²) in [5.41, 5.74) is 0. The Hall–Kier alpha value is -0.500. The molecule has 1 aliphatic heterocycles. The fourth-order valence-electron chi connectivity index (χ4n) is 0.772. The van der Waals surface area contributed by atoms with E-state index in [0.29, 0.717) is 0 Å². The lowest BCUT2D eigenvalue weighted by atomic mass is 10.4. The van der Waals surface area contributed by atoms with E-state index in [-0.39, 0.29) is 0 Å². The van der Waals surface area contributed by atoms with Crippen molar-refractivity contribution in [3.63, 3.8) is 0 Å². The molecule has 1 saturated heterocycles. The lowest BCUT2D eigenvalue weighted by molar-refractivity contribution is 0.111. The third kappa shape index (κ3) is 1.23. The van der Waals surface area contributed by atoms with Gasteiger partial charge in [-0.3, -0.25) is 4.90 Å². The number of nitrogens with zero attached hydrogens (tertiary/aromatic N) is 1. The average molecular weight is 113 g/mol. The van der Waals surface area contributed by atoms with Gasteiger partial charge in [-0.1, -0.05) is 6.58 Å². The highest BCUT2D eigenvalue weighted by atomic mass is 16.5. The lowest BCUT2D eigenvalue weighted by Gasteiger charge is -2.23. The molecule has 0 unspecified atom stereocenters. The van der Waals surface area contributed by atoms with Crippen LogP contribution >= 0.6 is 0 Å². The van der Waals surface area contributed by atoms with Crippen molar-refractivity contribution in [1.29, 1.82) is 0 Å². The molecule has 2 nitrogen and oxygen atoms in total. The Morgan fingerprint density at radius 1 is 1.75 bits per heavy atom. The molecule has 0 amide bonds. The molecule has 0 aliphatic carbocycles. The molecule has 0 aromatic carbocycles. The molecule has 2 heteroatoms. The van der Waals surface area contributed by atoms with Crippen molar-refractivity contribution in [3.05, 3.63) is 12.3 Å². The molecule has 1 heterocycles. The van der Waals surface area contributed by atoms with E-state index in [1.807, 2.05) is 0 Å². The van der Waals surface area contributed by atoms with Gasteiger partial charge in [0.2, 0.25) is 0 Å². The Morgan fingerprint density at radius 3 is 2.88 bits per heavy atom. The van der Waals surface area contributed by atoms with E-state index in [0.717, 1.165) is 25.5 Å².